The van der Waals surface area contributed by atoms with Crippen LogP contribution in [0, 0.1) is 0 Å². The summed E-state index contributed by atoms with van der Waals surface area (Å²) in [6.07, 6.45) is 0. The molecule has 8 nitrogen and oxygen atoms in total. The molecule has 0 aromatic rings. The van der Waals surface area contributed by atoms with Crippen LogP contribution >= 0.6 is 0 Å². The van der Waals surface area contributed by atoms with Gasteiger partial charge in [0.2, 0.25) is 0 Å². The molecule has 2 N–H and O–H groups in total. The highest BCUT2D eigenvalue weighted by molar-refractivity contribution is 5.84. The molecule has 0 rings (SSSR count). The van der Waals surface area contributed by atoms with Crippen molar-refractivity contribution in [2.75, 3.05) is 33.4 Å². The van der Waals surface area contributed by atoms with E-state index in [1.807, 2.05) is 0 Å². The summed E-state index contributed by atoms with van der Waals surface area (Å²) in [5, 5.41) is 11.0. The van der Waals surface area contributed by atoms with E-state index < -0.39 is 24.0 Å². The van der Waals surface area contributed by atoms with Crippen LogP contribution in [0.3, 0.4) is 0 Å². The fourth-order valence-corrected chi connectivity index (χ4v) is 1.15. The molecule has 1 atom stereocenters. The minimum Gasteiger partial charge on any atom is -0.480 e. The number of amides is 2. The molecular weight excluding hydrogens is 256 g/mol. The van der Waals surface area contributed by atoms with Gasteiger partial charge in [0, 0.05) is 13.7 Å². The quantitative estimate of drug-likeness (QED) is 0.589. The van der Waals surface area contributed by atoms with Gasteiger partial charge in [-0.2, -0.15) is 0 Å². The molecule has 19 heavy (non-hydrogen) atoms. The highest BCUT2D eigenvalue weighted by Gasteiger charge is 2.21. The second kappa shape index (κ2) is 9.15. The summed E-state index contributed by atoms with van der Waals surface area (Å²) in [5.41, 5.74) is 0. The number of carbonyl (C=O) groups is 3. The number of methoxy groups -OCH3 is 1. The van der Waals surface area contributed by atoms with Crippen molar-refractivity contribution in [2.45, 2.75) is 19.9 Å². The molecule has 0 bridgehead atoms. The molecule has 0 radical (unpaired) electrons. The van der Waals surface area contributed by atoms with Crippen molar-refractivity contribution in [3.63, 3.8) is 0 Å². The largest absolute Gasteiger partial charge is 0.480 e. The molecule has 2 amide bonds. The Balaban J connectivity index is 4.50. The van der Waals surface area contributed by atoms with E-state index in [1.54, 1.807) is 6.92 Å². The first-order chi connectivity index (χ1) is 8.92. The average molecular weight is 276 g/mol. The molecule has 0 fully saturated rings. The molecular formula is C11H20N2O6. The van der Waals surface area contributed by atoms with Crippen LogP contribution in [-0.4, -0.2) is 67.4 Å². The molecule has 0 aliphatic heterocycles. The van der Waals surface area contributed by atoms with Crippen LogP contribution in [0.1, 0.15) is 13.8 Å². The predicted octanol–water partition coefficient (Wildman–Crippen LogP) is -0.319. The summed E-state index contributed by atoms with van der Waals surface area (Å²) in [6, 6.07) is -1.69. The molecule has 0 unspecified atom stereocenters. The lowest BCUT2D eigenvalue weighted by atomic mass is 10.3. The minimum absolute atomic E-state index is 0.160. The van der Waals surface area contributed by atoms with E-state index in [0.29, 0.717) is 0 Å². The molecule has 0 aromatic heterocycles. The van der Waals surface area contributed by atoms with E-state index in [0.717, 1.165) is 4.90 Å². The lowest BCUT2D eigenvalue weighted by molar-refractivity contribution is -0.143. The number of hydrogen-bond acceptors (Lipinski definition) is 5. The number of urea groups is 1. The van der Waals surface area contributed by atoms with E-state index in [4.69, 9.17) is 14.6 Å². The van der Waals surface area contributed by atoms with E-state index in [-0.39, 0.29) is 26.3 Å². The van der Waals surface area contributed by atoms with Gasteiger partial charge < -0.3 is 24.8 Å². The Morgan fingerprint density at radius 1 is 1.37 bits per heavy atom. The third-order valence-electron chi connectivity index (χ3n) is 2.19. The zero-order valence-corrected chi connectivity index (χ0v) is 11.3. The van der Waals surface area contributed by atoms with Gasteiger partial charge in [-0.3, -0.25) is 9.59 Å². The van der Waals surface area contributed by atoms with Crippen molar-refractivity contribution < 1.29 is 29.0 Å². The third-order valence-corrected chi connectivity index (χ3v) is 2.19. The SMILES string of the molecule is CCOC(=O)CN(CCOC)C(=O)N[C@@H](C)C(=O)O. The Morgan fingerprint density at radius 3 is 2.47 bits per heavy atom. The van der Waals surface area contributed by atoms with Crippen LogP contribution in [0.4, 0.5) is 4.79 Å². The van der Waals surface area contributed by atoms with Crippen LogP contribution in [0.5, 0.6) is 0 Å². The Hall–Kier alpha value is -1.83. The third kappa shape index (κ3) is 7.24. The van der Waals surface area contributed by atoms with Crippen molar-refractivity contribution >= 4 is 18.0 Å². The standard InChI is InChI=1S/C11H20N2O6/c1-4-19-9(14)7-13(5-6-18-3)11(17)12-8(2)10(15)16/h8H,4-7H2,1-3H3,(H,12,17)(H,15,16)/t8-/m0/s1. The van der Waals surface area contributed by atoms with Crippen molar-refractivity contribution in [3.8, 4) is 0 Å². The molecule has 0 aliphatic carbocycles. The Labute approximate surface area is 111 Å². The lowest BCUT2D eigenvalue weighted by Crippen LogP contribution is -2.49. The van der Waals surface area contributed by atoms with Gasteiger partial charge in [0.15, 0.2) is 0 Å². The summed E-state index contributed by atoms with van der Waals surface area (Å²) in [6.45, 7) is 3.34. The molecule has 0 saturated heterocycles. The van der Waals surface area contributed by atoms with Crippen LogP contribution in [0.2, 0.25) is 0 Å². The Morgan fingerprint density at radius 2 is 2.00 bits per heavy atom. The number of hydrogen-bond donors (Lipinski definition) is 2. The summed E-state index contributed by atoms with van der Waals surface area (Å²) in [4.78, 5) is 34.9. The predicted molar refractivity (Wildman–Crippen MR) is 65.7 cm³/mol. The Kier molecular flexibility index (Phi) is 8.27. The van der Waals surface area contributed by atoms with E-state index in [1.165, 1.54) is 14.0 Å². The fraction of sp³-hybridized carbons (Fsp3) is 0.727. The normalized spacial score (nSPS) is 11.5. The second-order valence-corrected chi connectivity index (χ2v) is 3.73. The fourth-order valence-electron chi connectivity index (χ4n) is 1.15. The number of nitrogens with zero attached hydrogens (tertiary/aromatic N) is 1. The smallest absolute Gasteiger partial charge is 0.325 e. The number of carboxylic acids is 1. The van der Waals surface area contributed by atoms with Gasteiger partial charge in [0.05, 0.1) is 13.2 Å². The summed E-state index contributed by atoms with van der Waals surface area (Å²) in [7, 11) is 1.46. The molecule has 0 spiro atoms. The molecule has 0 saturated carbocycles. The zero-order valence-electron chi connectivity index (χ0n) is 11.3. The van der Waals surface area contributed by atoms with Gasteiger partial charge in [0.25, 0.3) is 0 Å². The highest BCUT2D eigenvalue weighted by Crippen LogP contribution is 1.94. The first-order valence-electron chi connectivity index (χ1n) is 5.85. The van der Waals surface area contributed by atoms with Gasteiger partial charge in [-0.1, -0.05) is 0 Å². The minimum atomic E-state index is -1.16. The molecule has 110 valence electrons. The van der Waals surface area contributed by atoms with E-state index in [9.17, 15) is 14.4 Å². The average Bonchev–Trinajstić information content (AvgIpc) is 2.34. The number of nitrogens with one attached hydrogen (secondary N) is 1. The van der Waals surface area contributed by atoms with Crippen LogP contribution in [0.25, 0.3) is 0 Å². The van der Waals surface area contributed by atoms with Gasteiger partial charge in [-0.05, 0) is 13.8 Å². The van der Waals surface area contributed by atoms with Crippen molar-refractivity contribution in [1.29, 1.82) is 0 Å². The number of carbonyl (C=O) groups excluding carboxylic acids is 2. The first kappa shape index (κ1) is 17.2. The summed E-state index contributed by atoms with van der Waals surface area (Å²) < 4.78 is 9.56. The maximum Gasteiger partial charge on any atom is 0.325 e. The molecule has 8 heteroatoms. The van der Waals surface area contributed by atoms with E-state index >= 15 is 0 Å². The molecule has 0 heterocycles. The zero-order chi connectivity index (χ0) is 14.8. The second-order valence-electron chi connectivity index (χ2n) is 3.73. The van der Waals surface area contributed by atoms with Crippen LogP contribution < -0.4 is 5.32 Å². The van der Waals surface area contributed by atoms with Crippen molar-refractivity contribution in [2.24, 2.45) is 0 Å². The number of aliphatic carboxylic acids is 1. The number of esters is 1. The number of carboxylic acid groups (broad SMARTS) is 1. The van der Waals surface area contributed by atoms with Gasteiger partial charge in [-0.15, -0.1) is 0 Å². The van der Waals surface area contributed by atoms with Crippen LogP contribution in [-0.2, 0) is 19.1 Å². The number of rotatable bonds is 8. The van der Waals surface area contributed by atoms with Crippen molar-refractivity contribution in [1.82, 2.24) is 10.2 Å². The molecule has 0 aliphatic rings. The van der Waals surface area contributed by atoms with Gasteiger partial charge >= 0.3 is 18.0 Å². The van der Waals surface area contributed by atoms with E-state index in [2.05, 4.69) is 5.32 Å². The first-order valence-corrected chi connectivity index (χ1v) is 5.85. The summed E-state index contributed by atoms with van der Waals surface area (Å²) >= 11 is 0. The topological polar surface area (TPSA) is 105 Å². The maximum atomic E-state index is 11.8. The van der Waals surface area contributed by atoms with Crippen molar-refractivity contribution in [3.05, 3.63) is 0 Å². The monoisotopic (exact) mass is 276 g/mol. The summed E-state index contributed by atoms with van der Waals surface area (Å²) in [5.74, 6) is -1.71. The van der Waals surface area contributed by atoms with Gasteiger partial charge in [-0.25, -0.2) is 4.79 Å². The highest BCUT2D eigenvalue weighted by atomic mass is 16.5. The van der Waals surface area contributed by atoms with Gasteiger partial charge in [0.1, 0.15) is 12.6 Å². The van der Waals surface area contributed by atoms with Crippen LogP contribution in [0.15, 0.2) is 0 Å². The number of ether oxygens (including phenoxy) is 2. The Bertz CT molecular complexity index is 320. The maximum absolute atomic E-state index is 11.8. The lowest BCUT2D eigenvalue weighted by Gasteiger charge is -2.23. The molecule has 0 aromatic carbocycles.